The van der Waals surface area contributed by atoms with Crippen molar-refractivity contribution >= 4 is 6.08 Å². The van der Waals surface area contributed by atoms with Gasteiger partial charge in [0.1, 0.15) is 0 Å². The van der Waals surface area contributed by atoms with Crippen LogP contribution in [0.1, 0.15) is 49.7 Å². The molecule has 2 saturated carbocycles. The Morgan fingerprint density at radius 2 is 1.89 bits per heavy atom. The zero-order chi connectivity index (χ0) is 13.2. The van der Waals surface area contributed by atoms with E-state index in [2.05, 4.69) is 12.2 Å². The molecule has 3 rings (SSSR count). The third kappa shape index (κ3) is 2.99. The Labute approximate surface area is 114 Å². The smallest absolute Gasteiger partial charge is 0.168 e. The van der Waals surface area contributed by atoms with Gasteiger partial charge in [0, 0.05) is 0 Å². The van der Waals surface area contributed by atoms with Crippen LogP contribution < -0.4 is 4.74 Å². The number of rotatable bonds is 4. The van der Waals surface area contributed by atoms with Gasteiger partial charge in [-0.1, -0.05) is 31.1 Å². The van der Waals surface area contributed by atoms with Crippen molar-refractivity contribution in [3.05, 3.63) is 35.2 Å². The highest BCUT2D eigenvalue weighted by Gasteiger charge is 2.25. The second-order valence-corrected chi connectivity index (χ2v) is 5.81. The van der Waals surface area contributed by atoms with Gasteiger partial charge in [-0.3, -0.25) is 0 Å². The van der Waals surface area contributed by atoms with Gasteiger partial charge in [-0.25, -0.2) is 4.39 Å². The quantitative estimate of drug-likeness (QED) is 0.749. The number of hydrogen-bond acceptors (Lipinski definition) is 1. The highest BCUT2D eigenvalue weighted by atomic mass is 19.1. The Hall–Kier alpha value is -1.31. The SMILES string of the molecule is Cc1c(/C=C/C2CCCC2)ccc(OC2CC2)c1F. The Morgan fingerprint density at radius 3 is 2.58 bits per heavy atom. The molecule has 1 aromatic rings. The van der Waals surface area contributed by atoms with Gasteiger partial charge in [0.25, 0.3) is 0 Å². The van der Waals surface area contributed by atoms with Gasteiger partial charge < -0.3 is 4.74 Å². The maximum Gasteiger partial charge on any atom is 0.168 e. The summed E-state index contributed by atoms with van der Waals surface area (Å²) in [6, 6.07) is 3.75. The first-order chi connectivity index (χ1) is 9.24. The van der Waals surface area contributed by atoms with Crippen molar-refractivity contribution in [1.82, 2.24) is 0 Å². The third-order valence-corrected chi connectivity index (χ3v) is 4.16. The summed E-state index contributed by atoms with van der Waals surface area (Å²) in [7, 11) is 0. The molecule has 0 unspecified atom stereocenters. The van der Waals surface area contributed by atoms with Crippen LogP contribution in [0.2, 0.25) is 0 Å². The Kier molecular flexibility index (Phi) is 3.58. The topological polar surface area (TPSA) is 9.23 Å². The highest BCUT2D eigenvalue weighted by molar-refractivity contribution is 5.56. The predicted molar refractivity (Wildman–Crippen MR) is 75.8 cm³/mol. The Bertz CT molecular complexity index is 482. The van der Waals surface area contributed by atoms with Crippen molar-refractivity contribution in [3.8, 4) is 5.75 Å². The van der Waals surface area contributed by atoms with Crippen molar-refractivity contribution in [2.75, 3.05) is 0 Å². The molecule has 0 saturated heterocycles. The largest absolute Gasteiger partial charge is 0.487 e. The van der Waals surface area contributed by atoms with E-state index in [1.807, 2.05) is 13.0 Å². The standard InChI is InChI=1S/C17H21FO/c1-12-14(7-6-13-4-2-3-5-13)8-11-16(17(12)18)19-15-9-10-15/h6-8,11,13,15H,2-5,9-10H2,1H3/b7-6+. The molecule has 102 valence electrons. The van der Waals surface area contributed by atoms with Crippen LogP contribution in [0, 0.1) is 18.7 Å². The minimum atomic E-state index is -0.194. The van der Waals surface area contributed by atoms with Crippen LogP contribution in [0.5, 0.6) is 5.75 Å². The lowest BCUT2D eigenvalue weighted by Crippen LogP contribution is -2.00. The summed E-state index contributed by atoms with van der Waals surface area (Å²) < 4.78 is 19.8. The van der Waals surface area contributed by atoms with E-state index >= 15 is 0 Å². The minimum Gasteiger partial charge on any atom is -0.487 e. The van der Waals surface area contributed by atoms with Gasteiger partial charge in [-0.15, -0.1) is 0 Å². The van der Waals surface area contributed by atoms with E-state index < -0.39 is 0 Å². The first-order valence-electron chi connectivity index (χ1n) is 7.38. The number of hydrogen-bond donors (Lipinski definition) is 0. The van der Waals surface area contributed by atoms with E-state index in [9.17, 15) is 4.39 Å². The number of ether oxygens (including phenoxy) is 1. The van der Waals surface area contributed by atoms with Crippen molar-refractivity contribution in [1.29, 1.82) is 0 Å². The lowest BCUT2D eigenvalue weighted by molar-refractivity contribution is 0.287. The molecule has 0 atom stereocenters. The van der Waals surface area contributed by atoms with Gasteiger partial charge >= 0.3 is 0 Å². The maximum atomic E-state index is 14.2. The molecule has 0 aromatic heterocycles. The van der Waals surface area contributed by atoms with E-state index in [1.165, 1.54) is 25.7 Å². The van der Waals surface area contributed by atoms with E-state index in [4.69, 9.17) is 4.74 Å². The zero-order valence-electron chi connectivity index (χ0n) is 11.5. The van der Waals surface area contributed by atoms with Crippen molar-refractivity contribution in [3.63, 3.8) is 0 Å². The summed E-state index contributed by atoms with van der Waals surface area (Å²) >= 11 is 0. The van der Waals surface area contributed by atoms with Crippen LogP contribution in [0.15, 0.2) is 18.2 Å². The fourth-order valence-corrected chi connectivity index (χ4v) is 2.70. The summed E-state index contributed by atoms with van der Waals surface area (Å²) in [5, 5.41) is 0. The summed E-state index contributed by atoms with van der Waals surface area (Å²) in [4.78, 5) is 0. The van der Waals surface area contributed by atoms with Gasteiger partial charge in [0.2, 0.25) is 0 Å². The molecule has 0 amide bonds. The molecule has 0 N–H and O–H groups in total. The molecule has 0 aliphatic heterocycles. The zero-order valence-corrected chi connectivity index (χ0v) is 11.5. The summed E-state index contributed by atoms with van der Waals surface area (Å²) in [5.41, 5.74) is 1.68. The van der Waals surface area contributed by atoms with Crippen molar-refractivity contribution in [2.45, 2.75) is 51.6 Å². The van der Waals surface area contributed by atoms with Crippen LogP contribution in [-0.4, -0.2) is 6.10 Å². The molecule has 1 nitrogen and oxygen atoms in total. The normalized spacial score (nSPS) is 20.3. The Morgan fingerprint density at radius 1 is 1.16 bits per heavy atom. The van der Waals surface area contributed by atoms with Crippen molar-refractivity contribution in [2.24, 2.45) is 5.92 Å². The molecule has 19 heavy (non-hydrogen) atoms. The first-order valence-corrected chi connectivity index (χ1v) is 7.38. The number of halogens is 1. The van der Waals surface area contributed by atoms with Crippen LogP contribution in [0.3, 0.4) is 0 Å². The predicted octanol–water partition coefficient (Wildman–Crippen LogP) is 4.88. The maximum absolute atomic E-state index is 14.2. The second-order valence-electron chi connectivity index (χ2n) is 5.81. The van der Waals surface area contributed by atoms with Crippen LogP contribution >= 0.6 is 0 Å². The van der Waals surface area contributed by atoms with Crippen LogP contribution in [0.25, 0.3) is 6.08 Å². The summed E-state index contributed by atoms with van der Waals surface area (Å²) in [5.74, 6) is 0.906. The van der Waals surface area contributed by atoms with Gasteiger partial charge in [-0.2, -0.15) is 0 Å². The van der Waals surface area contributed by atoms with Gasteiger partial charge in [-0.05, 0) is 55.7 Å². The molecule has 2 fully saturated rings. The molecule has 0 bridgehead atoms. The number of benzene rings is 1. The lowest BCUT2D eigenvalue weighted by Gasteiger charge is -2.10. The van der Waals surface area contributed by atoms with E-state index in [1.54, 1.807) is 6.07 Å². The molecule has 0 heterocycles. The minimum absolute atomic E-state index is 0.194. The molecule has 2 aliphatic rings. The van der Waals surface area contributed by atoms with Crippen LogP contribution in [-0.2, 0) is 0 Å². The average Bonchev–Trinajstić information content (AvgIpc) is 3.07. The molecular formula is C17H21FO. The monoisotopic (exact) mass is 260 g/mol. The molecular weight excluding hydrogens is 239 g/mol. The lowest BCUT2D eigenvalue weighted by atomic mass is 10.0. The second kappa shape index (κ2) is 5.36. The molecule has 0 spiro atoms. The molecule has 2 aliphatic carbocycles. The Balaban J connectivity index is 1.75. The van der Waals surface area contributed by atoms with E-state index in [0.29, 0.717) is 17.2 Å². The van der Waals surface area contributed by atoms with E-state index in [0.717, 1.165) is 18.4 Å². The first kappa shape index (κ1) is 12.7. The molecule has 1 aromatic carbocycles. The van der Waals surface area contributed by atoms with E-state index in [-0.39, 0.29) is 11.9 Å². The fraction of sp³-hybridized carbons (Fsp3) is 0.529. The van der Waals surface area contributed by atoms with Crippen LogP contribution in [0.4, 0.5) is 4.39 Å². The third-order valence-electron chi connectivity index (χ3n) is 4.16. The highest BCUT2D eigenvalue weighted by Crippen LogP contribution is 2.32. The average molecular weight is 260 g/mol. The summed E-state index contributed by atoms with van der Waals surface area (Å²) in [6.07, 6.45) is 11.9. The fourth-order valence-electron chi connectivity index (χ4n) is 2.70. The molecule has 0 radical (unpaired) electrons. The van der Waals surface area contributed by atoms with Gasteiger partial charge in [0.15, 0.2) is 11.6 Å². The summed E-state index contributed by atoms with van der Waals surface area (Å²) in [6.45, 7) is 1.84. The molecule has 2 heteroatoms. The number of allylic oxidation sites excluding steroid dienone is 1. The van der Waals surface area contributed by atoms with Crippen molar-refractivity contribution < 1.29 is 9.13 Å². The van der Waals surface area contributed by atoms with Gasteiger partial charge in [0.05, 0.1) is 6.10 Å².